The zero-order valence-corrected chi connectivity index (χ0v) is 12.6. The number of nitrogens with zero attached hydrogens (tertiary/aromatic N) is 2. The Labute approximate surface area is 113 Å². The topological polar surface area (TPSA) is 29.9 Å². The summed E-state index contributed by atoms with van der Waals surface area (Å²) in [4.78, 5) is 0. The van der Waals surface area contributed by atoms with Gasteiger partial charge in [0.05, 0.1) is 23.0 Å². The molecule has 0 fully saturated rings. The standard InChI is InChI=1S/C12H22ClN3S/c1-5-14-11(9(3)8-17-4)12-10(13)7-15-16(12)6-2/h7,9,11,14H,5-6,8H2,1-4H3. The van der Waals surface area contributed by atoms with Gasteiger partial charge in [0.15, 0.2) is 0 Å². The van der Waals surface area contributed by atoms with Crippen molar-refractivity contribution in [1.82, 2.24) is 15.1 Å². The van der Waals surface area contributed by atoms with Crippen LogP contribution in [0.4, 0.5) is 0 Å². The molecule has 2 unspecified atom stereocenters. The molecule has 17 heavy (non-hydrogen) atoms. The van der Waals surface area contributed by atoms with Crippen LogP contribution in [0, 0.1) is 5.92 Å². The first kappa shape index (κ1) is 14.9. The Kier molecular flexibility index (Phi) is 6.38. The van der Waals surface area contributed by atoms with Gasteiger partial charge in [-0.15, -0.1) is 0 Å². The van der Waals surface area contributed by atoms with Crippen molar-refractivity contribution in [2.24, 2.45) is 5.92 Å². The second kappa shape index (κ2) is 7.29. The third kappa shape index (κ3) is 3.63. The number of thioether (sulfide) groups is 1. The number of aromatic nitrogens is 2. The molecule has 0 saturated heterocycles. The Balaban J connectivity index is 2.99. The second-order valence-electron chi connectivity index (χ2n) is 4.16. The minimum atomic E-state index is 0.280. The highest BCUT2D eigenvalue weighted by molar-refractivity contribution is 7.98. The maximum Gasteiger partial charge on any atom is 0.0834 e. The molecule has 1 N–H and O–H groups in total. The van der Waals surface area contributed by atoms with Crippen molar-refractivity contribution in [2.75, 3.05) is 18.6 Å². The number of hydrogen-bond donors (Lipinski definition) is 1. The van der Waals surface area contributed by atoms with E-state index in [0.29, 0.717) is 5.92 Å². The zero-order chi connectivity index (χ0) is 12.8. The van der Waals surface area contributed by atoms with E-state index < -0.39 is 0 Å². The van der Waals surface area contributed by atoms with Crippen LogP contribution in [0.3, 0.4) is 0 Å². The molecule has 3 nitrogen and oxygen atoms in total. The van der Waals surface area contributed by atoms with Gasteiger partial charge in [0.1, 0.15) is 0 Å². The smallest absolute Gasteiger partial charge is 0.0834 e. The van der Waals surface area contributed by atoms with Gasteiger partial charge < -0.3 is 5.32 Å². The van der Waals surface area contributed by atoms with Crippen LogP contribution < -0.4 is 5.32 Å². The average Bonchev–Trinajstić information content (AvgIpc) is 2.67. The van der Waals surface area contributed by atoms with Gasteiger partial charge in [-0.25, -0.2) is 0 Å². The summed E-state index contributed by atoms with van der Waals surface area (Å²) in [5.41, 5.74) is 1.12. The van der Waals surface area contributed by atoms with Gasteiger partial charge in [-0.3, -0.25) is 4.68 Å². The first-order valence-electron chi connectivity index (χ1n) is 6.09. The average molecular weight is 276 g/mol. The van der Waals surface area contributed by atoms with Crippen LogP contribution in [0.25, 0.3) is 0 Å². The molecular weight excluding hydrogens is 254 g/mol. The lowest BCUT2D eigenvalue weighted by Gasteiger charge is -2.25. The minimum absolute atomic E-state index is 0.280. The Hall–Kier alpha value is -0.190. The molecule has 0 saturated carbocycles. The molecule has 1 aromatic rings. The van der Waals surface area contributed by atoms with Crippen molar-refractivity contribution in [3.63, 3.8) is 0 Å². The van der Waals surface area contributed by atoms with Gasteiger partial charge in [-0.05, 0) is 31.4 Å². The van der Waals surface area contributed by atoms with Crippen LogP contribution in [0.15, 0.2) is 6.20 Å². The van der Waals surface area contributed by atoms with Gasteiger partial charge in [-0.2, -0.15) is 16.9 Å². The SMILES string of the molecule is CCNC(c1c(Cl)cnn1CC)C(C)CSC. The Bertz CT molecular complexity index is 340. The maximum absolute atomic E-state index is 6.27. The lowest BCUT2D eigenvalue weighted by atomic mass is 10.0. The summed E-state index contributed by atoms with van der Waals surface area (Å²) in [6.45, 7) is 8.27. The van der Waals surface area contributed by atoms with Gasteiger partial charge in [-0.1, -0.05) is 25.4 Å². The van der Waals surface area contributed by atoms with Gasteiger partial charge in [0.25, 0.3) is 0 Å². The molecule has 0 aliphatic heterocycles. The summed E-state index contributed by atoms with van der Waals surface area (Å²) in [7, 11) is 0. The highest BCUT2D eigenvalue weighted by atomic mass is 35.5. The van der Waals surface area contributed by atoms with Crippen molar-refractivity contribution in [1.29, 1.82) is 0 Å². The fraction of sp³-hybridized carbons (Fsp3) is 0.750. The molecule has 1 aromatic heterocycles. The number of aryl methyl sites for hydroxylation is 1. The van der Waals surface area contributed by atoms with Crippen LogP contribution in [-0.2, 0) is 6.54 Å². The first-order valence-corrected chi connectivity index (χ1v) is 7.86. The van der Waals surface area contributed by atoms with Crippen LogP contribution >= 0.6 is 23.4 Å². The van der Waals surface area contributed by atoms with Crippen molar-refractivity contribution in [3.8, 4) is 0 Å². The number of hydrogen-bond acceptors (Lipinski definition) is 3. The lowest BCUT2D eigenvalue weighted by Crippen LogP contribution is -2.30. The van der Waals surface area contributed by atoms with E-state index in [2.05, 4.69) is 37.4 Å². The molecular formula is C12H22ClN3S. The number of rotatable bonds is 7. The molecule has 0 aromatic carbocycles. The third-order valence-electron chi connectivity index (χ3n) is 2.85. The van der Waals surface area contributed by atoms with Crippen molar-refractivity contribution in [2.45, 2.75) is 33.4 Å². The van der Waals surface area contributed by atoms with E-state index >= 15 is 0 Å². The minimum Gasteiger partial charge on any atom is -0.309 e. The van der Waals surface area contributed by atoms with Crippen LogP contribution in [0.5, 0.6) is 0 Å². The fourth-order valence-corrected chi connectivity index (χ4v) is 3.06. The van der Waals surface area contributed by atoms with E-state index in [9.17, 15) is 0 Å². The molecule has 1 rings (SSSR count). The van der Waals surface area contributed by atoms with Crippen molar-refractivity contribution >= 4 is 23.4 Å². The van der Waals surface area contributed by atoms with E-state index in [1.54, 1.807) is 6.20 Å². The van der Waals surface area contributed by atoms with E-state index in [-0.39, 0.29) is 6.04 Å². The molecule has 1 heterocycles. The van der Waals surface area contributed by atoms with E-state index in [1.165, 1.54) is 0 Å². The van der Waals surface area contributed by atoms with Crippen LogP contribution in [0.2, 0.25) is 5.02 Å². The van der Waals surface area contributed by atoms with Gasteiger partial charge in [0, 0.05) is 6.54 Å². The zero-order valence-electron chi connectivity index (χ0n) is 11.0. The highest BCUT2D eigenvalue weighted by Crippen LogP contribution is 2.29. The molecule has 0 bridgehead atoms. The quantitative estimate of drug-likeness (QED) is 0.829. The van der Waals surface area contributed by atoms with E-state index in [1.807, 2.05) is 16.4 Å². The molecule has 0 spiro atoms. The Morgan fingerprint density at radius 3 is 2.76 bits per heavy atom. The van der Waals surface area contributed by atoms with Gasteiger partial charge >= 0.3 is 0 Å². The molecule has 5 heteroatoms. The summed E-state index contributed by atoms with van der Waals surface area (Å²) in [6.07, 6.45) is 3.88. The molecule has 0 aliphatic carbocycles. The summed E-state index contributed by atoms with van der Waals surface area (Å²) < 4.78 is 1.99. The first-order chi connectivity index (χ1) is 8.15. The normalized spacial score (nSPS) is 14.9. The van der Waals surface area contributed by atoms with Gasteiger partial charge in [0.2, 0.25) is 0 Å². The number of nitrogens with one attached hydrogen (secondary N) is 1. The highest BCUT2D eigenvalue weighted by Gasteiger charge is 2.24. The lowest BCUT2D eigenvalue weighted by molar-refractivity contribution is 0.397. The maximum atomic E-state index is 6.27. The summed E-state index contributed by atoms with van der Waals surface area (Å²) in [6, 6.07) is 0.280. The molecule has 0 aliphatic rings. The monoisotopic (exact) mass is 275 g/mol. The van der Waals surface area contributed by atoms with Crippen molar-refractivity contribution in [3.05, 3.63) is 16.9 Å². The van der Waals surface area contributed by atoms with Crippen molar-refractivity contribution < 1.29 is 0 Å². The molecule has 2 atom stereocenters. The molecule has 98 valence electrons. The van der Waals surface area contributed by atoms with Crippen LogP contribution in [-0.4, -0.2) is 28.3 Å². The third-order valence-corrected chi connectivity index (χ3v) is 4.00. The summed E-state index contributed by atoms with van der Waals surface area (Å²) >= 11 is 8.14. The Morgan fingerprint density at radius 1 is 1.53 bits per heavy atom. The molecule has 0 radical (unpaired) electrons. The number of halogens is 1. The Morgan fingerprint density at radius 2 is 2.24 bits per heavy atom. The predicted molar refractivity (Wildman–Crippen MR) is 76.9 cm³/mol. The largest absolute Gasteiger partial charge is 0.309 e. The van der Waals surface area contributed by atoms with Crippen LogP contribution in [0.1, 0.15) is 32.5 Å². The van der Waals surface area contributed by atoms with E-state index in [4.69, 9.17) is 11.6 Å². The predicted octanol–water partition coefficient (Wildman–Crippen LogP) is 3.21. The fourth-order valence-electron chi connectivity index (χ4n) is 2.08. The second-order valence-corrected chi connectivity index (χ2v) is 5.48. The summed E-state index contributed by atoms with van der Waals surface area (Å²) in [5, 5.41) is 8.61. The summed E-state index contributed by atoms with van der Waals surface area (Å²) in [5.74, 6) is 1.65. The molecule has 0 amide bonds. The van der Waals surface area contributed by atoms with E-state index in [0.717, 1.165) is 29.6 Å².